The second-order valence-electron chi connectivity index (χ2n) is 5.65. The summed E-state index contributed by atoms with van der Waals surface area (Å²) in [6.45, 7) is 3.04. The van der Waals surface area contributed by atoms with Gasteiger partial charge in [0.2, 0.25) is 0 Å². The molecule has 0 bridgehead atoms. The van der Waals surface area contributed by atoms with Gasteiger partial charge < -0.3 is 10.6 Å². The van der Waals surface area contributed by atoms with Gasteiger partial charge in [-0.3, -0.25) is 4.98 Å². The van der Waals surface area contributed by atoms with Crippen LogP contribution >= 0.6 is 0 Å². The molecule has 21 heavy (non-hydrogen) atoms. The second kappa shape index (κ2) is 7.18. The van der Waals surface area contributed by atoms with Crippen molar-refractivity contribution in [2.24, 2.45) is 5.92 Å². The summed E-state index contributed by atoms with van der Waals surface area (Å²) in [7, 11) is 0. The van der Waals surface area contributed by atoms with Crippen molar-refractivity contribution in [1.82, 2.24) is 15.3 Å². The van der Waals surface area contributed by atoms with E-state index in [0.717, 1.165) is 37.8 Å². The molecule has 2 aromatic rings. The van der Waals surface area contributed by atoms with Crippen LogP contribution in [0.2, 0.25) is 0 Å². The van der Waals surface area contributed by atoms with Crippen LogP contribution in [0.3, 0.4) is 0 Å². The lowest BCUT2D eigenvalue weighted by molar-refractivity contribution is 0.373. The molecule has 3 rings (SSSR count). The molecule has 0 spiro atoms. The van der Waals surface area contributed by atoms with Crippen LogP contribution in [0.4, 0.5) is 5.82 Å². The second-order valence-corrected chi connectivity index (χ2v) is 5.65. The summed E-state index contributed by atoms with van der Waals surface area (Å²) in [5.74, 6) is 1.67. The molecule has 0 unspecified atom stereocenters. The number of hydrogen-bond acceptors (Lipinski definition) is 4. The molecule has 4 heteroatoms. The summed E-state index contributed by atoms with van der Waals surface area (Å²) in [5.41, 5.74) is 2.35. The Hall–Kier alpha value is -1.94. The van der Waals surface area contributed by atoms with E-state index >= 15 is 0 Å². The highest BCUT2D eigenvalue weighted by Crippen LogP contribution is 2.16. The molecule has 1 saturated heterocycles. The summed E-state index contributed by atoms with van der Waals surface area (Å²) in [4.78, 5) is 8.85. The van der Waals surface area contributed by atoms with Gasteiger partial charge in [0, 0.05) is 24.6 Å². The van der Waals surface area contributed by atoms with Crippen molar-refractivity contribution in [2.45, 2.75) is 25.8 Å². The van der Waals surface area contributed by atoms with Crippen molar-refractivity contribution in [3.63, 3.8) is 0 Å². The predicted octanol–water partition coefficient (Wildman–Crippen LogP) is 2.63. The van der Waals surface area contributed by atoms with E-state index in [4.69, 9.17) is 4.98 Å². The third-order valence-corrected chi connectivity index (χ3v) is 3.90. The Balaban J connectivity index is 1.57. The quantitative estimate of drug-likeness (QED) is 0.885. The molecule has 0 amide bonds. The van der Waals surface area contributed by atoms with Crippen LogP contribution in [0, 0.1) is 5.92 Å². The Morgan fingerprint density at radius 3 is 3.05 bits per heavy atom. The first-order valence-corrected chi connectivity index (χ1v) is 7.69. The van der Waals surface area contributed by atoms with Crippen molar-refractivity contribution in [1.29, 1.82) is 0 Å². The summed E-state index contributed by atoms with van der Waals surface area (Å²) < 4.78 is 0. The molecular formula is C17H22N4. The maximum Gasteiger partial charge on any atom is 0.126 e. The molecule has 3 heterocycles. The van der Waals surface area contributed by atoms with Crippen LogP contribution in [0.15, 0.2) is 42.7 Å². The van der Waals surface area contributed by atoms with Gasteiger partial charge in [-0.2, -0.15) is 0 Å². The van der Waals surface area contributed by atoms with Gasteiger partial charge in [0.15, 0.2) is 0 Å². The lowest BCUT2D eigenvalue weighted by Crippen LogP contribution is -2.31. The Morgan fingerprint density at radius 1 is 1.24 bits per heavy atom. The van der Waals surface area contributed by atoms with Crippen LogP contribution in [0.1, 0.15) is 24.1 Å². The molecule has 110 valence electrons. The predicted molar refractivity (Wildman–Crippen MR) is 85.1 cm³/mol. The van der Waals surface area contributed by atoms with E-state index < -0.39 is 0 Å². The maximum atomic E-state index is 4.72. The number of hydrogen-bond donors (Lipinski definition) is 2. The van der Waals surface area contributed by atoms with Crippen molar-refractivity contribution >= 4 is 5.82 Å². The van der Waals surface area contributed by atoms with E-state index in [2.05, 4.69) is 33.8 Å². The topological polar surface area (TPSA) is 49.8 Å². The summed E-state index contributed by atoms with van der Waals surface area (Å²) in [5, 5.41) is 6.84. The SMILES string of the molecule is c1cncc(CNc2cccc(C[C@H]3CCCNC3)n2)c1. The summed E-state index contributed by atoms with van der Waals surface area (Å²) in [6.07, 6.45) is 7.33. The zero-order valence-corrected chi connectivity index (χ0v) is 12.3. The average molecular weight is 282 g/mol. The Bertz CT molecular complexity index is 550. The monoisotopic (exact) mass is 282 g/mol. The molecule has 4 nitrogen and oxygen atoms in total. The number of nitrogens with one attached hydrogen (secondary N) is 2. The minimum atomic E-state index is 0.722. The fraction of sp³-hybridized carbons (Fsp3) is 0.412. The van der Waals surface area contributed by atoms with Crippen LogP contribution in [0.5, 0.6) is 0 Å². The Labute approximate surface area is 126 Å². The zero-order valence-electron chi connectivity index (χ0n) is 12.3. The van der Waals surface area contributed by atoms with E-state index in [1.54, 1.807) is 6.20 Å². The highest BCUT2D eigenvalue weighted by molar-refractivity contribution is 5.36. The molecule has 0 aromatic carbocycles. The highest BCUT2D eigenvalue weighted by atomic mass is 15.0. The van der Waals surface area contributed by atoms with Gasteiger partial charge >= 0.3 is 0 Å². The number of piperidine rings is 1. The maximum absolute atomic E-state index is 4.72. The van der Waals surface area contributed by atoms with E-state index in [1.807, 2.05) is 18.3 Å². The largest absolute Gasteiger partial charge is 0.366 e. The molecule has 0 aliphatic carbocycles. The van der Waals surface area contributed by atoms with Gasteiger partial charge in [-0.25, -0.2) is 4.98 Å². The smallest absolute Gasteiger partial charge is 0.126 e. The molecule has 2 aromatic heterocycles. The summed E-state index contributed by atoms with van der Waals surface area (Å²) in [6, 6.07) is 10.3. The number of nitrogens with zero attached hydrogens (tertiary/aromatic N) is 2. The molecule has 1 atom stereocenters. The van der Waals surface area contributed by atoms with Gasteiger partial charge in [0.1, 0.15) is 5.82 Å². The van der Waals surface area contributed by atoms with Gasteiger partial charge in [0.25, 0.3) is 0 Å². The first kappa shape index (κ1) is 14.0. The van der Waals surface area contributed by atoms with E-state index in [9.17, 15) is 0 Å². The average Bonchev–Trinajstić information content (AvgIpc) is 2.55. The number of pyridine rings is 2. The fourth-order valence-corrected chi connectivity index (χ4v) is 2.78. The van der Waals surface area contributed by atoms with Crippen molar-refractivity contribution in [2.75, 3.05) is 18.4 Å². The number of anilines is 1. The molecule has 1 aliphatic rings. The van der Waals surface area contributed by atoms with E-state index in [-0.39, 0.29) is 0 Å². The minimum absolute atomic E-state index is 0.722. The minimum Gasteiger partial charge on any atom is -0.366 e. The first-order valence-electron chi connectivity index (χ1n) is 7.69. The van der Waals surface area contributed by atoms with Crippen molar-refractivity contribution < 1.29 is 0 Å². The van der Waals surface area contributed by atoms with E-state index in [1.165, 1.54) is 24.1 Å². The Kier molecular flexibility index (Phi) is 4.79. The third kappa shape index (κ3) is 4.26. The molecule has 1 aliphatic heterocycles. The molecule has 0 saturated carbocycles. The van der Waals surface area contributed by atoms with Gasteiger partial charge in [-0.05, 0) is 62.0 Å². The molecule has 2 N–H and O–H groups in total. The molecule has 1 fully saturated rings. The first-order chi connectivity index (χ1) is 10.4. The van der Waals surface area contributed by atoms with Crippen LogP contribution in [-0.2, 0) is 13.0 Å². The molecular weight excluding hydrogens is 260 g/mol. The van der Waals surface area contributed by atoms with Crippen molar-refractivity contribution in [3.05, 3.63) is 54.0 Å². The van der Waals surface area contributed by atoms with Crippen LogP contribution in [0.25, 0.3) is 0 Å². The normalized spacial score (nSPS) is 18.4. The van der Waals surface area contributed by atoms with Gasteiger partial charge in [-0.15, -0.1) is 0 Å². The third-order valence-electron chi connectivity index (χ3n) is 3.90. The molecule has 0 radical (unpaired) electrons. The number of aromatic nitrogens is 2. The lowest BCUT2D eigenvalue weighted by Gasteiger charge is -2.22. The zero-order chi connectivity index (χ0) is 14.3. The lowest BCUT2D eigenvalue weighted by atomic mass is 9.94. The van der Waals surface area contributed by atoms with Crippen molar-refractivity contribution in [3.8, 4) is 0 Å². The van der Waals surface area contributed by atoms with Gasteiger partial charge in [-0.1, -0.05) is 12.1 Å². The highest BCUT2D eigenvalue weighted by Gasteiger charge is 2.14. The number of rotatable bonds is 5. The van der Waals surface area contributed by atoms with Crippen LogP contribution < -0.4 is 10.6 Å². The standard InChI is InChI=1S/C17H22N4/c1-6-16(10-14-4-2-8-18-11-14)21-17(7-1)20-13-15-5-3-9-19-12-15/h1,3,5-7,9,12,14,18H,2,4,8,10-11,13H2,(H,20,21)/t14-/m1/s1. The van der Waals surface area contributed by atoms with Gasteiger partial charge in [0.05, 0.1) is 0 Å². The Morgan fingerprint density at radius 2 is 2.24 bits per heavy atom. The summed E-state index contributed by atoms with van der Waals surface area (Å²) >= 11 is 0. The van der Waals surface area contributed by atoms with Crippen LogP contribution in [-0.4, -0.2) is 23.1 Å². The van der Waals surface area contributed by atoms with E-state index in [0.29, 0.717) is 0 Å². The fourth-order valence-electron chi connectivity index (χ4n) is 2.78.